The largest absolute Gasteiger partial charge is 0.290 e. The van der Waals surface area contributed by atoms with Crippen LogP contribution in [0.3, 0.4) is 0 Å². The van der Waals surface area contributed by atoms with E-state index in [1.807, 2.05) is 18.2 Å². The lowest BCUT2D eigenvalue weighted by atomic mass is 9.96. The van der Waals surface area contributed by atoms with Gasteiger partial charge in [-0.05, 0) is 30.4 Å². The van der Waals surface area contributed by atoms with Crippen molar-refractivity contribution in [3.63, 3.8) is 0 Å². The van der Waals surface area contributed by atoms with Crippen LogP contribution < -0.4 is 0 Å². The van der Waals surface area contributed by atoms with Crippen LogP contribution in [-0.2, 0) is 9.59 Å². The van der Waals surface area contributed by atoms with Crippen molar-refractivity contribution in [1.82, 2.24) is 0 Å². The van der Waals surface area contributed by atoms with Crippen molar-refractivity contribution in [3.8, 4) is 0 Å². The predicted octanol–water partition coefficient (Wildman–Crippen LogP) is 3.30. The smallest absolute Gasteiger partial charge is 0.186 e. The Hall–Kier alpha value is -1.00. The highest BCUT2D eigenvalue weighted by molar-refractivity contribution is 9.11. The van der Waals surface area contributed by atoms with Gasteiger partial charge < -0.3 is 0 Å². The van der Waals surface area contributed by atoms with Crippen LogP contribution in [0.15, 0.2) is 45.4 Å². The molecule has 0 saturated carbocycles. The summed E-state index contributed by atoms with van der Waals surface area (Å²) < 4.78 is 1.56. The molecule has 0 amide bonds. The van der Waals surface area contributed by atoms with Crippen molar-refractivity contribution in [3.05, 3.63) is 50.9 Å². The summed E-state index contributed by atoms with van der Waals surface area (Å²) in [6.45, 7) is 0. The zero-order valence-electron chi connectivity index (χ0n) is 8.04. The molecule has 0 fully saturated rings. The number of carbonyl (C=O) groups is 2. The topological polar surface area (TPSA) is 34.1 Å². The van der Waals surface area contributed by atoms with Crippen LogP contribution in [0.5, 0.6) is 0 Å². The van der Waals surface area contributed by atoms with Gasteiger partial charge in [-0.1, -0.05) is 37.9 Å². The minimum absolute atomic E-state index is 0.160. The van der Waals surface area contributed by atoms with Gasteiger partial charge in [0.25, 0.3) is 0 Å². The summed E-state index contributed by atoms with van der Waals surface area (Å²) in [5.74, 6) is -0.329. The number of allylic oxidation sites excluding steroid dienone is 4. The second kappa shape index (κ2) is 4.47. The number of hydrogen-bond acceptors (Lipinski definition) is 2. The van der Waals surface area contributed by atoms with E-state index < -0.39 is 0 Å². The molecule has 0 aliphatic heterocycles. The molecule has 0 spiro atoms. The Morgan fingerprint density at radius 2 is 1.56 bits per heavy atom. The Morgan fingerprint density at radius 1 is 0.938 bits per heavy atom. The predicted molar refractivity (Wildman–Crippen MR) is 69.0 cm³/mol. The van der Waals surface area contributed by atoms with E-state index in [4.69, 9.17) is 0 Å². The molecule has 0 saturated heterocycles. The molecular weight excluding hydrogens is 336 g/mol. The molecule has 0 aromatic heterocycles. The Kier molecular flexibility index (Phi) is 3.21. The lowest BCUT2D eigenvalue weighted by molar-refractivity contribution is -0.113. The van der Waals surface area contributed by atoms with Crippen LogP contribution in [0.25, 0.3) is 5.57 Å². The Labute approximate surface area is 109 Å². The third-order valence-corrected chi connectivity index (χ3v) is 3.50. The third-order valence-electron chi connectivity index (χ3n) is 2.18. The number of ketones is 2. The lowest BCUT2D eigenvalue weighted by Gasteiger charge is -2.11. The van der Waals surface area contributed by atoms with E-state index in [0.717, 1.165) is 8.95 Å². The van der Waals surface area contributed by atoms with Crippen LogP contribution in [0, 0.1) is 0 Å². The standard InChI is InChI=1S/C12H6Br2O2/c13-9-2-1-3-10(14)12(9)8-6-7(15)4-5-11(8)16/h1-6H. The van der Waals surface area contributed by atoms with E-state index in [1.54, 1.807) is 0 Å². The van der Waals surface area contributed by atoms with Crippen molar-refractivity contribution in [1.29, 1.82) is 0 Å². The highest BCUT2D eigenvalue weighted by Gasteiger charge is 2.19. The molecule has 1 aromatic rings. The molecule has 0 heterocycles. The summed E-state index contributed by atoms with van der Waals surface area (Å²) in [7, 11) is 0. The van der Waals surface area contributed by atoms with E-state index in [-0.39, 0.29) is 11.6 Å². The maximum absolute atomic E-state index is 11.7. The van der Waals surface area contributed by atoms with Gasteiger partial charge in [0.1, 0.15) is 0 Å². The van der Waals surface area contributed by atoms with Crippen LogP contribution in [0.1, 0.15) is 5.56 Å². The molecule has 2 rings (SSSR count). The van der Waals surface area contributed by atoms with Crippen molar-refractivity contribution in [2.75, 3.05) is 0 Å². The van der Waals surface area contributed by atoms with Gasteiger partial charge in [0, 0.05) is 20.1 Å². The highest BCUT2D eigenvalue weighted by atomic mass is 79.9. The summed E-state index contributed by atoms with van der Waals surface area (Å²) in [4.78, 5) is 23.0. The van der Waals surface area contributed by atoms with Gasteiger partial charge in [0.15, 0.2) is 11.6 Å². The quantitative estimate of drug-likeness (QED) is 0.734. The summed E-state index contributed by atoms with van der Waals surface area (Å²) >= 11 is 6.74. The third kappa shape index (κ3) is 2.08. The fraction of sp³-hybridized carbons (Fsp3) is 0. The number of hydrogen-bond donors (Lipinski definition) is 0. The second-order valence-corrected chi connectivity index (χ2v) is 4.96. The number of benzene rings is 1. The first kappa shape index (κ1) is 11.5. The minimum Gasteiger partial charge on any atom is -0.290 e. The lowest BCUT2D eigenvalue weighted by Crippen LogP contribution is -2.07. The molecule has 0 atom stereocenters. The summed E-state index contributed by atoms with van der Waals surface area (Å²) in [5, 5.41) is 0. The molecule has 2 nitrogen and oxygen atoms in total. The first-order chi connectivity index (χ1) is 7.59. The fourth-order valence-electron chi connectivity index (χ4n) is 1.46. The van der Waals surface area contributed by atoms with Crippen molar-refractivity contribution < 1.29 is 9.59 Å². The molecule has 1 aromatic carbocycles. The maximum Gasteiger partial charge on any atom is 0.186 e. The SMILES string of the molecule is O=C1C=CC(=O)C(c2c(Br)cccc2Br)=C1. The first-order valence-corrected chi connectivity index (χ1v) is 6.10. The fourth-order valence-corrected chi connectivity index (χ4v) is 2.89. The molecule has 0 unspecified atom stereocenters. The summed E-state index contributed by atoms with van der Waals surface area (Å²) in [5.41, 5.74) is 1.12. The zero-order chi connectivity index (χ0) is 11.7. The van der Waals surface area contributed by atoms with Crippen molar-refractivity contribution in [2.24, 2.45) is 0 Å². The molecule has 16 heavy (non-hydrogen) atoms. The average Bonchev–Trinajstić information content (AvgIpc) is 2.23. The normalized spacial score (nSPS) is 15.2. The molecule has 0 radical (unpaired) electrons. The van der Waals surface area contributed by atoms with Gasteiger partial charge in [-0.15, -0.1) is 0 Å². The molecule has 1 aliphatic rings. The van der Waals surface area contributed by atoms with E-state index in [0.29, 0.717) is 11.1 Å². The minimum atomic E-state index is -0.169. The van der Waals surface area contributed by atoms with Gasteiger partial charge in [-0.3, -0.25) is 9.59 Å². The Balaban J connectivity index is 2.61. The van der Waals surface area contributed by atoms with Gasteiger partial charge in [-0.25, -0.2) is 0 Å². The molecule has 4 heteroatoms. The van der Waals surface area contributed by atoms with E-state index in [9.17, 15) is 9.59 Å². The van der Waals surface area contributed by atoms with Crippen LogP contribution in [0.2, 0.25) is 0 Å². The van der Waals surface area contributed by atoms with Gasteiger partial charge in [-0.2, -0.15) is 0 Å². The van der Waals surface area contributed by atoms with Gasteiger partial charge in [0.05, 0.1) is 0 Å². The molecular formula is C12H6Br2O2. The second-order valence-electron chi connectivity index (χ2n) is 3.25. The highest BCUT2D eigenvalue weighted by Crippen LogP contribution is 2.33. The first-order valence-electron chi connectivity index (χ1n) is 4.52. The van der Waals surface area contributed by atoms with Crippen molar-refractivity contribution >= 4 is 49.0 Å². The molecule has 80 valence electrons. The maximum atomic E-state index is 11.7. The monoisotopic (exact) mass is 340 g/mol. The van der Waals surface area contributed by atoms with Crippen LogP contribution >= 0.6 is 31.9 Å². The van der Waals surface area contributed by atoms with E-state index >= 15 is 0 Å². The van der Waals surface area contributed by atoms with E-state index in [1.165, 1.54) is 18.2 Å². The van der Waals surface area contributed by atoms with Gasteiger partial charge >= 0.3 is 0 Å². The Bertz CT molecular complexity index is 522. The number of carbonyl (C=O) groups excluding carboxylic acids is 2. The van der Waals surface area contributed by atoms with Crippen LogP contribution in [-0.4, -0.2) is 11.6 Å². The molecule has 0 N–H and O–H groups in total. The zero-order valence-corrected chi connectivity index (χ0v) is 11.2. The van der Waals surface area contributed by atoms with E-state index in [2.05, 4.69) is 31.9 Å². The van der Waals surface area contributed by atoms with Crippen molar-refractivity contribution in [2.45, 2.75) is 0 Å². The van der Waals surface area contributed by atoms with Gasteiger partial charge in [0.2, 0.25) is 0 Å². The number of rotatable bonds is 1. The number of halogens is 2. The Morgan fingerprint density at radius 3 is 2.19 bits per heavy atom. The summed E-state index contributed by atoms with van der Waals surface area (Å²) in [6.07, 6.45) is 3.92. The van der Waals surface area contributed by atoms with Crippen LogP contribution in [0.4, 0.5) is 0 Å². The molecule has 1 aliphatic carbocycles. The summed E-state index contributed by atoms with van der Waals surface area (Å²) in [6, 6.07) is 5.51. The molecule has 0 bridgehead atoms. The average molecular weight is 342 g/mol.